The quantitative estimate of drug-likeness (QED) is 0.610. The molecule has 3 aromatic carbocycles. The molecule has 32 heavy (non-hydrogen) atoms. The second kappa shape index (κ2) is 9.51. The summed E-state index contributed by atoms with van der Waals surface area (Å²) < 4.78 is 25.2. The Morgan fingerprint density at radius 3 is 2.66 bits per heavy atom. The minimum atomic E-state index is -0.577. The van der Waals surface area contributed by atoms with Gasteiger partial charge in [0, 0.05) is 5.69 Å². The standard InChI is InChI=1S/C25H23FN2O4/c1-31-20-8-10-23-17(13-20)12-18(15-32-23)25(30)27-19-7-9-21(26)22(14-19)28-24(29)11-16-5-3-2-4-6-16/h2-10,13-14,18H,11-12,15H2,1H3,(H,27,30)(H,28,29). The van der Waals surface area contributed by atoms with E-state index in [9.17, 15) is 14.0 Å². The minimum Gasteiger partial charge on any atom is -0.497 e. The zero-order valence-electron chi connectivity index (χ0n) is 17.6. The van der Waals surface area contributed by atoms with Gasteiger partial charge in [0.15, 0.2) is 0 Å². The number of nitrogens with one attached hydrogen (secondary N) is 2. The van der Waals surface area contributed by atoms with Crippen molar-refractivity contribution in [3.8, 4) is 11.5 Å². The molecular weight excluding hydrogens is 411 g/mol. The molecule has 1 atom stereocenters. The topological polar surface area (TPSA) is 76.7 Å². The molecule has 7 heteroatoms. The van der Waals surface area contributed by atoms with Crippen molar-refractivity contribution < 1.29 is 23.5 Å². The van der Waals surface area contributed by atoms with Crippen molar-refractivity contribution in [2.75, 3.05) is 24.4 Å². The lowest BCUT2D eigenvalue weighted by Gasteiger charge is -2.25. The number of fused-ring (bicyclic) bond motifs is 1. The highest BCUT2D eigenvalue weighted by Gasteiger charge is 2.26. The van der Waals surface area contributed by atoms with Crippen LogP contribution in [0.15, 0.2) is 66.7 Å². The maximum Gasteiger partial charge on any atom is 0.231 e. The number of amides is 2. The summed E-state index contributed by atoms with van der Waals surface area (Å²) >= 11 is 0. The van der Waals surface area contributed by atoms with Crippen LogP contribution < -0.4 is 20.1 Å². The normalized spacial score (nSPS) is 14.6. The molecule has 3 aromatic rings. The van der Waals surface area contributed by atoms with Crippen molar-refractivity contribution in [1.82, 2.24) is 0 Å². The Bertz CT molecular complexity index is 1130. The highest BCUT2D eigenvalue weighted by molar-refractivity contribution is 5.96. The molecule has 1 aliphatic rings. The predicted octanol–water partition coefficient (Wildman–Crippen LogP) is 4.21. The molecule has 4 rings (SSSR count). The van der Waals surface area contributed by atoms with E-state index < -0.39 is 11.7 Å². The van der Waals surface area contributed by atoms with Gasteiger partial charge in [-0.1, -0.05) is 30.3 Å². The van der Waals surface area contributed by atoms with Crippen LogP contribution in [0.4, 0.5) is 15.8 Å². The molecule has 0 bridgehead atoms. The van der Waals surface area contributed by atoms with Crippen LogP contribution in [-0.4, -0.2) is 25.5 Å². The molecule has 0 saturated heterocycles. The van der Waals surface area contributed by atoms with Crippen molar-refractivity contribution in [2.24, 2.45) is 5.92 Å². The molecule has 1 aliphatic heterocycles. The van der Waals surface area contributed by atoms with Gasteiger partial charge in [0.2, 0.25) is 11.8 Å². The van der Waals surface area contributed by atoms with Crippen molar-refractivity contribution in [2.45, 2.75) is 12.8 Å². The SMILES string of the molecule is COc1ccc2c(c1)CC(C(=O)Nc1ccc(F)c(NC(=O)Cc3ccccc3)c1)CO2. The Labute approximate surface area is 185 Å². The number of methoxy groups -OCH3 is 1. The van der Waals surface area contributed by atoms with E-state index in [4.69, 9.17) is 9.47 Å². The molecule has 0 aliphatic carbocycles. The minimum absolute atomic E-state index is 0.0127. The first-order valence-electron chi connectivity index (χ1n) is 10.3. The summed E-state index contributed by atoms with van der Waals surface area (Å²) in [6.07, 6.45) is 0.624. The summed E-state index contributed by atoms with van der Waals surface area (Å²) in [5.74, 6) is -0.137. The van der Waals surface area contributed by atoms with Crippen LogP contribution in [0.25, 0.3) is 0 Å². The van der Waals surface area contributed by atoms with Gasteiger partial charge >= 0.3 is 0 Å². The largest absolute Gasteiger partial charge is 0.497 e. The lowest BCUT2D eigenvalue weighted by Crippen LogP contribution is -2.32. The number of halogens is 1. The Kier molecular flexibility index (Phi) is 6.35. The average molecular weight is 434 g/mol. The van der Waals surface area contributed by atoms with Crippen molar-refractivity contribution in [3.63, 3.8) is 0 Å². The second-order valence-electron chi connectivity index (χ2n) is 7.58. The third-order valence-corrected chi connectivity index (χ3v) is 5.26. The smallest absolute Gasteiger partial charge is 0.231 e. The molecule has 0 saturated carbocycles. The van der Waals surface area contributed by atoms with Crippen LogP contribution >= 0.6 is 0 Å². The summed E-state index contributed by atoms with van der Waals surface area (Å²) in [6.45, 7) is 0.243. The van der Waals surface area contributed by atoms with Crippen LogP contribution in [-0.2, 0) is 22.4 Å². The molecule has 0 radical (unpaired) electrons. The first-order chi connectivity index (χ1) is 15.5. The van der Waals surface area contributed by atoms with Gasteiger partial charge in [-0.15, -0.1) is 0 Å². The zero-order chi connectivity index (χ0) is 22.5. The van der Waals surface area contributed by atoms with E-state index in [2.05, 4.69) is 10.6 Å². The summed E-state index contributed by atoms with van der Waals surface area (Å²) in [6, 6.07) is 18.8. The summed E-state index contributed by atoms with van der Waals surface area (Å²) in [5, 5.41) is 5.37. The van der Waals surface area contributed by atoms with E-state index >= 15 is 0 Å². The number of ether oxygens (including phenoxy) is 2. The van der Waals surface area contributed by atoms with Gasteiger partial charge in [0.25, 0.3) is 0 Å². The Hall–Kier alpha value is -3.87. The fraction of sp³-hybridized carbons (Fsp3) is 0.200. The molecule has 6 nitrogen and oxygen atoms in total. The summed E-state index contributed by atoms with van der Waals surface area (Å²) in [4.78, 5) is 25.1. The van der Waals surface area contributed by atoms with Gasteiger partial charge in [0.1, 0.15) is 23.9 Å². The number of anilines is 2. The number of benzene rings is 3. The summed E-state index contributed by atoms with van der Waals surface area (Å²) in [7, 11) is 1.58. The zero-order valence-corrected chi connectivity index (χ0v) is 17.6. The Morgan fingerprint density at radius 2 is 1.88 bits per heavy atom. The number of hydrogen-bond acceptors (Lipinski definition) is 4. The number of rotatable bonds is 6. The van der Waals surface area contributed by atoms with Gasteiger partial charge in [-0.3, -0.25) is 9.59 Å². The van der Waals surface area contributed by atoms with Crippen LogP contribution in [0.1, 0.15) is 11.1 Å². The third-order valence-electron chi connectivity index (χ3n) is 5.26. The van der Waals surface area contributed by atoms with E-state index in [1.807, 2.05) is 48.5 Å². The average Bonchev–Trinajstić information content (AvgIpc) is 2.81. The first-order valence-corrected chi connectivity index (χ1v) is 10.3. The van der Waals surface area contributed by atoms with E-state index in [1.165, 1.54) is 18.2 Å². The molecule has 0 aromatic heterocycles. The van der Waals surface area contributed by atoms with E-state index in [0.717, 1.165) is 16.9 Å². The van der Waals surface area contributed by atoms with Gasteiger partial charge in [-0.2, -0.15) is 0 Å². The van der Waals surface area contributed by atoms with E-state index in [1.54, 1.807) is 7.11 Å². The van der Waals surface area contributed by atoms with Crippen molar-refractivity contribution in [1.29, 1.82) is 0 Å². The van der Waals surface area contributed by atoms with E-state index in [-0.39, 0.29) is 30.5 Å². The molecule has 2 N–H and O–H groups in total. The van der Waals surface area contributed by atoms with Crippen LogP contribution in [0.2, 0.25) is 0 Å². The molecular formula is C25H23FN2O4. The fourth-order valence-electron chi connectivity index (χ4n) is 3.59. The molecule has 2 amide bonds. The highest BCUT2D eigenvalue weighted by Crippen LogP contribution is 2.31. The van der Waals surface area contributed by atoms with Crippen LogP contribution in [0.3, 0.4) is 0 Å². The number of hydrogen-bond donors (Lipinski definition) is 2. The lowest BCUT2D eigenvalue weighted by atomic mass is 9.95. The molecule has 1 unspecified atom stereocenters. The molecule has 164 valence electrons. The molecule has 0 spiro atoms. The highest BCUT2D eigenvalue weighted by atomic mass is 19.1. The number of carbonyl (C=O) groups is 2. The predicted molar refractivity (Wildman–Crippen MR) is 119 cm³/mol. The third kappa shape index (κ3) is 5.06. The van der Waals surface area contributed by atoms with Gasteiger partial charge in [-0.05, 0) is 53.9 Å². The van der Waals surface area contributed by atoms with Gasteiger partial charge in [0.05, 0.1) is 25.1 Å². The molecule has 1 heterocycles. The first kappa shape index (κ1) is 21.4. The maximum absolute atomic E-state index is 14.2. The van der Waals surface area contributed by atoms with Crippen molar-refractivity contribution >= 4 is 23.2 Å². The molecule has 0 fully saturated rings. The van der Waals surface area contributed by atoms with E-state index in [0.29, 0.717) is 17.9 Å². The Morgan fingerprint density at radius 1 is 1.06 bits per heavy atom. The van der Waals surface area contributed by atoms with Crippen LogP contribution in [0, 0.1) is 11.7 Å². The maximum atomic E-state index is 14.2. The number of carbonyl (C=O) groups excluding carboxylic acids is 2. The van der Waals surface area contributed by atoms with Crippen LogP contribution in [0.5, 0.6) is 11.5 Å². The second-order valence-corrected chi connectivity index (χ2v) is 7.58. The fourth-order valence-corrected chi connectivity index (χ4v) is 3.59. The van der Waals surface area contributed by atoms with Crippen molar-refractivity contribution in [3.05, 3.63) is 83.7 Å². The van der Waals surface area contributed by atoms with Gasteiger partial charge in [-0.25, -0.2) is 4.39 Å². The summed E-state index contributed by atoms with van der Waals surface area (Å²) in [5.41, 5.74) is 2.12. The monoisotopic (exact) mass is 434 g/mol. The Balaban J connectivity index is 1.41. The lowest BCUT2D eigenvalue weighted by molar-refractivity contribution is -0.121. The van der Waals surface area contributed by atoms with Gasteiger partial charge < -0.3 is 20.1 Å².